The summed E-state index contributed by atoms with van der Waals surface area (Å²) in [6, 6.07) is 7.06. The number of ether oxygens (including phenoxy) is 1. The van der Waals surface area contributed by atoms with Crippen molar-refractivity contribution in [3.8, 4) is 5.75 Å². The van der Waals surface area contributed by atoms with Gasteiger partial charge in [0, 0.05) is 17.6 Å². The van der Waals surface area contributed by atoms with Crippen molar-refractivity contribution in [2.24, 2.45) is 0 Å². The van der Waals surface area contributed by atoms with Crippen molar-refractivity contribution in [1.82, 2.24) is 10.6 Å². The summed E-state index contributed by atoms with van der Waals surface area (Å²) < 4.78 is 6.44. The Balaban J connectivity index is 2.22. The molecule has 118 valence electrons. The lowest BCUT2D eigenvalue weighted by Gasteiger charge is -2.17. The SMILES string of the molecule is CCCNC(=O)C(C)NCC(O)COc1ccc(Br)cc1. The molecule has 5 nitrogen and oxygen atoms in total. The maximum absolute atomic E-state index is 11.6. The molecule has 0 heterocycles. The molecule has 0 aliphatic heterocycles. The number of aliphatic hydroxyl groups excluding tert-OH is 1. The fourth-order valence-electron chi connectivity index (χ4n) is 1.59. The smallest absolute Gasteiger partial charge is 0.236 e. The first-order valence-corrected chi connectivity index (χ1v) is 7.89. The Kier molecular flexibility index (Phi) is 8.34. The first-order valence-electron chi connectivity index (χ1n) is 7.10. The van der Waals surface area contributed by atoms with Crippen LogP contribution in [-0.2, 0) is 4.79 Å². The van der Waals surface area contributed by atoms with Gasteiger partial charge in [-0.2, -0.15) is 0 Å². The molecular formula is C15H23BrN2O3. The Morgan fingerprint density at radius 1 is 1.38 bits per heavy atom. The Bertz CT molecular complexity index is 425. The summed E-state index contributed by atoms with van der Waals surface area (Å²) in [6.45, 7) is 4.92. The normalized spacial score (nSPS) is 13.5. The summed E-state index contributed by atoms with van der Waals surface area (Å²) in [5.41, 5.74) is 0. The van der Waals surface area contributed by atoms with Crippen LogP contribution in [0.25, 0.3) is 0 Å². The molecule has 0 saturated carbocycles. The van der Waals surface area contributed by atoms with Gasteiger partial charge in [-0.3, -0.25) is 4.79 Å². The zero-order chi connectivity index (χ0) is 15.7. The van der Waals surface area contributed by atoms with Crippen LogP contribution in [0.4, 0.5) is 0 Å². The fraction of sp³-hybridized carbons (Fsp3) is 0.533. The number of nitrogens with one attached hydrogen (secondary N) is 2. The summed E-state index contributed by atoms with van der Waals surface area (Å²) in [5, 5.41) is 15.6. The first kappa shape index (κ1) is 17.9. The lowest BCUT2D eigenvalue weighted by Crippen LogP contribution is -2.45. The van der Waals surface area contributed by atoms with Gasteiger partial charge in [0.2, 0.25) is 5.91 Å². The highest BCUT2D eigenvalue weighted by Crippen LogP contribution is 2.16. The topological polar surface area (TPSA) is 70.6 Å². The van der Waals surface area contributed by atoms with Gasteiger partial charge in [0.05, 0.1) is 6.04 Å². The molecule has 2 unspecified atom stereocenters. The molecule has 1 aromatic rings. The molecule has 21 heavy (non-hydrogen) atoms. The predicted octanol–water partition coefficient (Wildman–Crippen LogP) is 1.69. The second kappa shape index (κ2) is 9.76. The number of rotatable bonds is 9. The Hall–Kier alpha value is -1.11. The minimum Gasteiger partial charge on any atom is -0.491 e. The predicted molar refractivity (Wildman–Crippen MR) is 86.4 cm³/mol. The number of hydrogen-bond donors (Lipinski definition) is 3. The molecule has 0 aliphatic rings. The van der Waals surface area contributed by atoms with Crippen LogP contribution in [0, 0.1) is 0 Å². The maximum atomic E-state index is 11.6. The molecule has 3 N–H and O–H groups in total. The van der Waals surface area contributed by atoms with Crippen LogP contribution in [0.5, 0.6) is 5.75 Å². The summed E-state index contributed by atoms with van der Waals surface area (Å²) in [4.78, 5) is 11.6. The van der Waals surface area contributed by atoms with E-state index >= 15 is 0 Å². The van der Waals surface area contributed by atoms with Gasteiger partial charge in [-0.05, 0) is 37.6 Å². The Morgan fingerprint density at radius 3 is 2.67 bits per heavy atom. The monoisotopic (exact) mass is 358 g/mol. The average molecular weight is 359 g/mol. The number of amides is 1. The summed E-state index contributed by atoms with van der Waals surface area (Å²) in [7, 11) is 0. The van der Waals surface area contributed by atoms with Gasteiger partial charge in [-0.1, -0.05) is 22.9 Å². The summed E-state index contributed by atoms with van der Waals surface area (Å²) >= 11 is 3.34. The van der Waals surface area contributed by atoms with Crippen molar-refractivity contribution in [3.63, 3.8) is 0 Å². The minimum atomic E-state index is -0.671. The number of hydrogen-bond acceptors (Lipinski definition) is 4. The number of carbonyl (C=O) groups excluding carboxylic acids is 1. The second-order valence-electron chi connectivity index (χ2n) is 4.84. The molecule has 0 aliphatic carbocycles. The third-order valence-corrected chi connectivity index (χ3v) is 3.39. The highest BCUT2D eigenvalue weighted by Gasteiger charge is 2.13. The van der Waals surface area contributed by atoms with Crippen LogP contribution >= 0.6 is 15.9 Å². The van der Waals surface area contributed by atoms with Gasteiger partial charge in [0.25, 0.3) is 0 Å². The molecule has 0 radical (unpaired) electrons. The minimum absolute atomic E-state index is 0.0575. The highest BCUT2D eigenvalue weighted by atomic mass is 79.9. The molecule has 0 spiro atoms. The van der Waals surface area contributed by atoms with E-state index in [1.165, 1.54) is 0 Å². The average Bonchev–Trinajstić information content (AvgIpc) is 2.49. The maximum Gasteiger partial charge on any atom is 0.236 e. The van der Waals surface area contributed by atoms with E-state index < -0.39 is 6.10 Å². The van der Waals surface area contributed by atoms with E-state index in [-0.39, 0.29) is 18.6 Å². The van der Waals surface area contributed by atoms with Crippen LogP contribution in [0.15, 0.2) is 28.7 Å². The number of carbonyl (C=O) groups is 1. The van der Waals surface area contributed by atoms with E-state index in [4.69, 9.17) is 4.74 Å². The van der Waals surface area contributed by atoms with Crippen molar-refractivity contribution in [2.75, 3.05) is 19.7 Å². The molecule has 0 bridgehead atoms. The fourth-order valence-corrected chi connectivity index (χ4v) is 1.85. The van der Waals surface area contributed by atoms with E-state index in [1.54, 1.807) is 6.92 Å². The zero-order valence-electron chi connectivity index (χ0n) is 12.4. The van der Waals surface area contributed by atoms with E-state index in [9.17, 15) is 9.90 Å². The van der Waals surface area contributed by atoms with Crippen molar-refractivity contribution >= 4 is 21.8 Å². The summed E-state index contributed by atoms with van der Waals surface area (Å²) in [5.74, 6) is 0.642. The third-order valence-electron chi connectivity index (χ3n) is 2.86. The number of halogens is 1. The third kappa shape index (κ3) is 7.45. The molecular weight excluding hydrogens is 336 g/mol. The number of benzene rings is 1. The Labute approximate surface area is 134 Å². The van der Waals surface area contributed by atoms with Gasteiger partial charge < -0.3 is 20.5 Å². The van der Waals surface area contributed by atoms with Gasteiger partial charge in [0.15, 0.2) is 0 Å². The molecule has 1 amide bonds. The summed E-state index contributed by atoms with van der Waals surface area (Å²) in [6.07, 6.45) is 0.234. The quantitative estimate of drug-likeness (QED) is 0.628. The molecule has 1 aromatic carbocycles. The zero-order valence-corrected chi connectivity index (χ0v) is 14.0. The van der Waals surface area contributed by atoms with E-state index in [1.807, 2.05) is 31.2 Å². The van der Waals surface area contributed by atoms with Crippen molar-refractivity contribution in [3.05, 3.63) is 28.7 Å². The van der Waals surface area contributed by atoms with E-state index in [0.717, 1.165) is 10.9 Å². The van der Waals surface area contributed by atoms with Gasteiger partial charge >= 0.3 is 0 Å². The largest absolute Gasteiger partial charge is 0.491 e. The van der Waals surface area contributed by atoms with E-state index in [2.05, 4.69) is 26.6 Å². The molecule has 0 fully saturated rings. The molecule has 6 heteroatoms. The van der Waals surface area contributed by atoms with Gasteiger partial charge in [0.1, 0.15) is 18.5 Å². The second-order valence-corrected chi connectivity index (χ2v) is 5.76. The molecule has 2 atom stereocenters. The van der Waals surface area contributed by atoms with Crippen LogP contribution in [0.1, 0.15) is 20.3 Å². The molecule has 1 rings (SSSR count). The van der Waals surface area contributed by atoms with Gasteiger partial charge in [-0.15, -0.1) is 0 Å². The first-order chi connectivity index (χ1) is 10.0. The van der Waals surface area contributed by atoms with Crippen LogP contribution in [-0.4, -0.2) is 42.9 Å². The van der Waals surface area contributed by atoms with Crippen molar-refractivity contribution < 1.29 is 14.6 Å². The van der Waals surface area contributed by atoms with Crippen molar-refractivity contribution in [1.29, 1.82) is 0 Å². The van der Waals surface area contributed by atoms with Crippen LogP contribution in [0.3, 0.4) is 0 Å². The standard InChI is InChI=1S/C15H23BrN2O3/c1-3-8-17-15(20)11(2)18-9-13(19)10-21-14-6-4-12(16)5-7-14/h4-7,11,13,18-19H,3,8-10H2,1-2H3,(H,17,20). The highest BCUT2D eigenvalue weighted by molar-refractivity contribution is 9.10. The Morgan fingerprint density at radius 2 is 2.05 bits per heavy atom. The molecule has 0 aromatic heterocycles. The lowest BCUT2D eigenvalue weighted by molar-refractivity contribution is -0.122. The number of aliphatic hydroxyl groups is 1. The van der Waals surface area contributed by atoms with E-state index in [0.29, 0.717) is 18.8 Å². The van der Waals surface area contributed by atoms with Gasteiger partial charge in [-0.25, -0.2) is 0 Å². The van der Waals surface area contributed by atoms with Crippen molar-refractivity contribution in [2.45, 2.75) is 32.4 Å². The molecule has 0 saturated heterocycles. The lowest BCUT2D eigenvalue weighted by atomic mass is 10.2. The van der Waals surface area contributed by atoms with Crippen LogP contribution < -0.4 is 15.4 Å². The van der Waals surface area contributed by atoms with Crippen LogP contribution in [0.2, 0.25) is 0 Å².